The van der Waals surface area contributed by atoms with Crippen molar-refractivity contribution in [1.29, 1.82) is 0 Å². The average Bonchev–Trinajstić information content (AvgIpc) is 2.05. The van der Waals surface area contributed by atoms with Gasteiger partial charge in [0.2, 0.25) is 0 Å². The van der Waals surface area contributed by atoms with Crippen LogP contribution in [-0.2, 0) is 0 Å². The Hall–Kier alpha value is 1.48. The molecule has 0 aliphatic rings. The maximum atomic E-state index is 4.29. The van der Waals surface area contributed by atoms with Crippen LogP contribution in [0.5, 0.6) is 0 Å². The van der Waals surface area contributed by atoms with E-state index in [1.54, 1.807) is 0 Å². The minimum Gasteiger partial charge on any atom is -0.130 e. The molecule has 0 radical (unpaired) electrons. The van der Waals surface area contributed by atoms with E-state index >= 15 is 0 Å². The average molecular weight is 242 g/mol. The topological polar surface area (TPSA) is 0 Å². The molecule has 1 unspecified atom stereocenters. The van der Waals surface area contributed by atoms with E-state index in [-0.39, 0.29) is 5.53 Å². The second-order valence-corrected chi connectivity index (χ2v) is 10.9. The molecule has 0 aromatic carbocycles. The molecule has 0 aromatic rings. The minimum atomic E-state index is -0.348. The van der Waals surface area contributed by atoms with Gasteiger partial charge in [-0.2, -0.15) is 0 Å². The van der Waals surface area contributed by atoms with E-state index in [0.717, 1.165) is 5.92 Å². The Kier molecular flexibility index (Phi) is 10.2. The van der Waals surface area contributed by atoms with E-state index in [1.807, 2.05) is 11.4 Å². The van der Waals surface area contributed by atoms with Crippen LogP contribution in [0.1, 0.15) is 39.5 Å². The van der Waals surface area contributed by atoms with Gasteiger partial charge in [-0.1, -0.05) is 33.1 Å². The SMILES string of the molecule is CCCCC(CC)CSP(S)S. The van der Waals surface area contributed by atoms with Crippen molar-refractivity contribution in [3.63, 3.8) is 0 Å². The number of unbranched alkanes of at least 4 members (excludes halogenated alkanes) is 1. The molecule has 1 atom stereocenters. The van der Waals surface area contributed by atoms with Crippen molar-refractivity contribution < 1.29 is 0 Å². The molecule has 0 bridgehead atoms. The third-order valence-corrected chi connectivity index (χ3v) is 6.04. The Morgan fingerprint density at radius 2 is 2.00 bits per heavy atom. The van der Waals surface area contributed by atoms with Gasteiger partial charge in [0.1, 0.15) is 0 Å². The molecule has 4 heteroatoms. The molecule has 0 aliphatic carbocycles. The molecule has 0 N–H and O–H groups in total. The maximum absolute atomic E-state index is 4.29. The molecular weight excluding hydrogens is 223 g/mol. The van der Waals surface area contributed by atoms with Crippen LogP contribution in [0.2, 0.25) is 0 Å². The Bertz CT molecular complexity index is 98.3. The highest BCUT2D eigenvalue weighted by Gasteiger charge is 2.07. The Morgan fingerprint density at radius 3 is 2.42 bits per heavy atom. The van der Waals surface area contributed by atoms with Gasteiger partial charge in [0, 0.05) is 5.75 Å². The van der Waals surface area contributed by atoms with Crippen LogP contribution >= 0.6 is 41.4 Å². The first-order valence-electron chi connectivity index (χ1n) is 4.51. The Balaban J connectivity index is 3.39. The summed E-state index contributed by atoms with van der Waals surface area (Å²) >= 11 is 10.5. The molecule has 0 fully saturated rings. The Morgan fingerprint density at radius 1 is 1.33 bits per heavy atom. The lowest BCUT2D eigenvalue weighted by Crippen LogP contribution is -2.00. The van der Waals surface area contributed by atoms with Gasteiger partial charge in [0.25, 0.3) is 0 Å². The summed E-state index contributed by atoms with van der Waals surface area (Å²) in [6.45, 7) is 4.53. The van der Waals surface area contributed by atoms with Crippen LogP contribution in [0.25, 0.3) is 0 Å². The predicted molar refractivity (Wildman–Crippen MR) is 70.7 cm³/mol. The normalized spacial score (nSPS) is 13.8. The van der Waals surface area contributed by atoms with Gasteiger partial charge < -0.3 is 0 Å². The van der Waals surface area contributed by atoms with E-state index < -0.39 is 0 Å². The first-order valence-corrected chi connectivity index (χ1v) is 9.75. The molecular formula is C8H19PS3. The van der Waals surface area contributed by atoms with Gasteiger partial charge in [0.15, 0.2) is 0 Å². The number of rotatable bonds is 7. The van der Waals surface area contributed by atoms with Gasteiger partial charge in [-0.3, -0.25) is 0 Å². The summed E-state index contributed by atoms with van der Waals surface area (Å²) in [7, 11) is 0. The van der Waals surface area contributed by atoms with E-state index in [9.17, 15) is 0 Å². The van der Waals surface area contributed by atoms with Crippen LogP contribution < -0.4 is 0 Å². The number of thiol groups is 2. The highest BCUT2D eigenvalue weighted by Crippen LogP contribution is 2.58. The van der Waals surface area contributed by atoms with Crippen molar-refractivity contribution in [3.8, 4) is 0 Å². The van der Waals surface area contributed by atoms with Crippen LogP contribution in [0, 0.1) is 5.92 Å². The third kappa shape index (κ3) is 8.10. The molecule has 0 heterocycles. The highest BCUT2D eigenvalue weighted by molar-refractivity contribution is 9.06. The lowest BCUT2D eigenvalue weighted by Gasteiger charge is -2.14. The molecule has 74 valence electrons. The lowest BCUT2D eigenvalue weighted by atomic mass is 10.0. The maximum Gasteiger partial charge on any atom is 0.0666 e. The fraction of sp³-hybridized carbons (Fsp3) is 1.00. The van der Waals surface area contributed by atoms with Gasteiger partial charge in [-0.25, -0.2) is 0 Å². The van der Waals surface area contributed by atoms with Crippen LogP contribution in [-0.4, -0.2) is 5.75 Å². The van der Waals surface area contributed by atoms with Gasteiger partial charge >= 0.3 is 0 Å². The summed E-state index contributed by atoms with van der Waals surface area (Å²) in [6.07, 6.45) is 5.37. The molecule has 0 aromatic heterocycles. The van der Waals surface area contributed by atoms with Crippen LogP contribution in [0.15, 0.2) is 0 Å². The fourth-order valence-corrected chi connectivity index (χ4v) is 4.05. The van der Waals surface area contributed by atoms with E-state index in [2.05, 4.69) is 38.3 Å². The zero-order valence-corrected chi connectivity index (χ0v) is 11.4. The first-order chi connectivity index (χ1) is 5.70. The molecule has 12 heavy (non-hydrogen) atoms. The van der Waals surface area contributed by atoms with Crippen molar-refractivity contribution in [2.75, 3.05) is 5.75 Å². The van der Waals surface area contributed by atoms with Gasteiger partial charge in [-0.15, -0.1) is 35.9 Å². The van der Waals surface area contributed by atoms with Crippen molar-refractivity contribution in [3.05, 3.63) is 0 Å². The van der Waals surface area contributed by atoms with Gasteiger partial charge in [-0.05, 0) is 12.3 Å². The van der Waals surface area contributed by atoms with Crippen LogP contribution in [0.3, 0.4) is 0 Å². The quantitative estimate of drug-likeness (QED) is 0.467. The molecule has 0 saturated carbocycles. The highest BCUT2D eigenvalue weighted by atomic mass is 33.3. The molecule has 0 spiro atoms. The van der Waals surface area contributed by atoms with E-state index in [1.165, 1.54) is 31.4 Å². The van der Waals surface area contributed by atoms with Crippen molar-refractivity contribution in [1.82, 2.24) is 0 Å². The summed E-state index contributed by atoms with van der Waals surface area (Å²) in [5, 5.41) is 0. The lowest BCUT2D eigenvalue weighted by molar-refractivity contribution is 0.500. The molecule has 0 nitrogen and oxygen atoms in total. The standard InChI is InChI=1S/C8H19PS3/c1-3-5-6-8(4-2)7-12-9(10)11/h8,10-11H,3-7H2,1-2H3. The smallest absolute Gasteiger partial charge is 0.0666 e. The molecule has 0 saturated heterocycles. The second-order valence-electron chi connectivity index (χ2n) is 2.97. The number of hydrogen-bond donors (Lipinski definition) is 2. The zero-order chi connectivity index (χ0) is 9.40. The number of hydrogen-bond acceptors (Lipinski definition) is 3. The van der Waals surface area contributed by atoms with Crippen molar-refractivity contribution in [2.24, 2.45) is 5.92 Å². The van der Waals surface area contributed by atoms with E-state index in [4.69, 9.17) is 0 Å². The Labute approximate surface area is 92.5 Å². The summed E-state index contributed by atoms with van der Waals surface area (Å²) in [5.74, 6) is 2.13. The predicted octanol–water partition coefficient (Wildman–Crippen LogP) is 5.02. The summed E-state index contributed by atoms with van der Waals surface area (Å²) in [4.78, 5) is 0. The molecule has 0 rings (SSSR count). The summed E-state index contributed by atoms with van der Waals surface area (Å²) in [6, 6.07) is 0. The largest absolute Gasteiger partial charge is 0.130 e. The minimum absolute atomic E-state index is 0.348. The summed E-state index contributed by atoms with van der Waals surface area (Å²) in [5.41, 5.74) is -0.348. The molecule has 0 amide bonds. The van der Waals surface area contributed by atoms with E-state index in [0.29, 0.717) is 0 Å². The first kappa shape index (κ1) is 13.5. The van der Waals surface area contributed by atoms with Crippen molar-refractivity contribution >= 4 is 41.4 Å². The van der Waals surface area contributed by atoms with Gasteiger partial charge in [0.05, 0.1) is 5.53 Å². The fourth-order valence-electron chi connectivity index (χ4n) is 1.07. The van der Waals surface area contributed by atoms with Crippen LogP contribution in [0.4, 0.5) is 0 Å². The monoisotopic (exact) mass is 242 g/mol. The molecule has 0 aliphatic heterocycles. The zero-order valence-electron chi connectivity index (χ0n) is 7.86. The third-order valence-electron chi connectivity index (χ3n) is 1.97. The second kappa shape index (κ2) is 9.05. The van der Waals surface area contributed by atoms with Crippen molar-refractivity contribution in [2.45, 2.75) is 39.5 Å². The summed E-state index contributed by atoms with van der Waals surface area (Å²) < 4.78 is 0.